The summed E-state index contributed by atoms with van der Waals surface area (Å²) in [5, 5.41) is 1.45. The molecule has 61 valence electrons. The van der Waals surface area contributed by atoms with Crippen LogP contribution in [0, 0.1) is 0 Å². The second-order valence-electron chi connectivity index (χ2n) is 2.50. The molecule has 0 N–H and O–H groups in total. The SMILES string of the molecule is CN(C)[SiH]c1ccccc1.[Li][CH3]. The van der Waals surface area contributed by atoms with Gasteiger partial charge in [0.1, 0.15) is 0 Å². The first kappa shape index (κ1) is 12.0. The molecule has 0 aliphatic rings. The normalized spacial score (nSPS) is 9.17. The van der Waals surface area contributed by atoms with E-state index in [1.807, 2.05) is 23.3 Å². The zero-order valence-corrected chi connectivity index (χ0v) is 9.57. The van der Waals surface area contributed by atoms with Crippen LogP contribution in [0.5, 0.6) is 0 Å². The van der Waals surface area contributed by atoms with Crippen molar-refractivity contribution in [2.24, 2.45) is 0 Å². The Morgan fingerprint density at radius 2 is 1.58 bits per heavy atom. The minimum absolute atomic E-state index is 0.325. The summed E-state index contributed by atoms with van der Waals surface area (Å²) in [6, 6.07) is 10.6. The van der Waals surface area contributed by atoms with E-state index in [1.165, 1.54) is 5.19 Å². The molecule has 3 heteroatoms. The fourth-order valence-corrected chi connectivity index (χ4v) is 1.83. The minimum atomic E-state index is 0.325. The molecule has 12 heavy (non-hydrogen) atoms. The van der Waals surface area contributed by atoms with E-state index in [4.69, 9.17) is 0 Å². The van der Waals surface area contributed by atoms with Crippen molar-refractivity contribution < 1.29 is 0 Å². The Morgan fingerprint density at radius 1 is 1.08 bits per heavy atom. The third-order valence-corrected chi connectivity index (χ3v) is 2.41. The Hall–Kier alpha value is -0.00571. The molecule has 0 aliphatic heterocycles. The van der Waals surface area contributed by atoms with Gasteiger partial charge in [0.15, 0.2) is 9.68 Å². The molecule has 0 heterocycles. The monoisotopic (exact) mass is 172 g/mol. The summed E-state index contributed by atoms with van der Waals surface area (Å²) in [7, 11) is 4.55. The number of benzene rings is 1. The predicted octanol–water partition coefficient (Wildman–Crippen LogP) is 0.428. The molecule has 0 aliphatic carbocycles. The quantitative estimate of drug-likeness (QED) is 0.585. The van der Waals surface area contributed by atoms with Crippen LogP contribution in [0.2, 0.25) is 5.60 Å². The summed E-state index contributed by atoms with van der Waals surface area (Å²) in [6.45, 7) is 0. The van der Waals surface area contributed by atoms with Crippen LogP contribution in [0.1, 0.15) is 0 Å². The number of hydrogen-bond acceptors (Lipinski definition) is 1. The molecule has 0 saturated heterocycles. The Balaban J connectivity index is 0.000000561. The van der Waals surface area contributed by atoms with Crippen LogP contribution in [0.4, 0.5) is 0 Å². The van der Waals surface area contributed by atoms with Gasteiger partial charge in [0.25, 0.3) is 0 Å². The average Bonchev–Trinajstić information content (AvgIpc) is 2.08. The van der Waals surface area contributed by atoms with E-state index < -0.39 is 0 Å². The number of nitrogens with zero attached hydrogens (tertiary/aromatic N) is 1. The maximum absolute atomic E-state index is 2.25. The van der Waals surface area contributed by atoms with Gasteiger partial charge < -0.3 is 4.57 Å². The van der Waals surface area contributed by atoms with Crippen molar-refractivity contribution in [3.05, 3.63) is 30.3 Å². The van der Waals surface area contributed by atoms with Gasteiger partial charge in [0, 0.05) is 0 Å². The van der Waals surface area contributed by atoms with E-state index >= 15 is 0 Å². The molecule has 0 spiro atoms. The summed E-state index contributed by atoms with van der Waals surface area (Å²) in [4.78, 5) is 0. The Morgan fingerprint density at radius 3 is 2.00 bits per heavy atom. The zero-order chi connectivity index (χ0) is 9.40. The van der Waals surface area contributed by atoms with Crippen molar-refractivity contribution in [2.45, 2.75) is 5.60 Å². The fraction of sp³-hybridized carbons (Fsp3) is 0.333. The molecule has 1 nitrogen and oxygen atoms in total. The first-order chi connectivity index (χ1) is 5.79. The summed E-state index contributed by atoms with van der Waals surface area (Å²) in [5.41, 5.74) is 2.00. The van der Waals surface area contributed by atoms with Gasteiger partial charge >= 0.3 is 23.3 Å². The van der Waals surface area contributed by atoms with Crippen LogP contribution in [0.3, 0.4) is 0 Å². The van der Waals surface area contributed by atoms with E-state index in [2.05, 4.69) is 49.0 Å². The van der Waals surface area contributed by atoms with E-state index in [-0.39, 0.29) is 0 Å². The van der Waals surface area contributed by atoms with Crippen molar-refractivity contribution in [3.63, 3.8) is 0 Å². The van der Waals surface area contributed by atoms with Crippen molar-refractivity contribution in [3.8, 4) is 0 Å². The molecule has 0 saturated carbocycles. The second-order valence-corrected chi connectivity index (χ2v) is 4.46. The molecular formula is C9H15LiNSi. The number of hydrogen-bond donors (Lipinski definition) is 0. The number of rotatable bonds is 2. The third-order valence-electron chi connectivity index (χ3n) is 1.21. The van der Waals surface area contributed by atoms with Crippen molar-refractivity contribution >= 4 is 32.6 Å². The maximum atomic E-state index is 2.25. The molecule has 0 amide bonds. The van der Waals surface area contributed by atoms with E-state index in [0.717, 1.165) is 0 Å². The van der Waals surface area contributed by atoms with Crippen LogP contribution >= 0.6 is 0 Å². The molecule has 0 aromatic heterocycles. The van der Waals surface area contributed by atoms with Gasteiger partial charge in [-0.2, -0.15) is 0 Å². The Bertz CT molecular complexity index is 189. The van der Waals surface area contributed by atoms with Crippen LogP contribution in [0.25, 0.3) is 0 Å². The van der Waals surface area contributed by atoms with Gasteiger partial charge in [-0.3, -0.25) is 0 Å². The molecule has 1 aromatic rings. The van der Waals surface area contributed by atoms with E-state index in [1.54, 1.807) is 0 Å². The fourth-order valence-electron chi connectivity index (χ4n) is 0.837. The van der Waals surface area contributed by atoms with Gasteiger partial charge in [-0.1, -0.05) is 30.3 Å². The van der Waals surface area contributed by atoms with Crippen LogP contribution < -0.4 is 5.19 Å². The van der Waals surface area contributed by atoms with E-state index in [0.29, 0.717) is 9.68 Å². The predicted molar refractivity (Wildman–Crippen MR) is 58.5 cm³/mol. The van der Waals surface area contributed by atoms with Crippen molar-refractivity contribution in [1.82, 2.24) is 4.57 Å². The van der Waals surface area contributed by atoms with Gasteiger partial charge in [0.05, 0.1) is 0 Å². The first-order valence-electron chi connectivity index (χ1n) is 4.35. The standard InChI is InChI=1S/C8H12NSi.CH3.Li/c1-9(2)10-8-6-4-3-5-7-8;;/h3-7,10H,1-2H3;1H3;. The van der Waals surface area contributed by atoms with Gasteiger partial charge in [0.2, 0.25) is 0 Å². The molecule has 0 bridgehead atoms. The van der Waals surface area contributed by atoms with Crippen LogP contribution in [-0.2, 0) is 0 Å². The molecular weight excluding hydrogens is 157 g/mol. The molecule has 1 rings (SSSR count). The summed E-state index contributed by atoms with van der Waals surface area (Å²) in [5.74, 6) is 0. The summed E-state index contributed by atoms with van der Waals surface area (Å²) < 4.78 is 2.25. The molecule has 0 unspecified atom stereocenters. The Labute approximate surface area is 87.3 Å². The molecule has 0 atom stereocenters. The zero-order valence-electron chi connectivity index (χ0n) is 8.41. The van der Waals surface area contributed by atoms with Crippen LogP contribution in [-0.4, -0.2) is 46.1 Å². The topological polar surface area (TPSA) is 3.24 Å². The molecule has 1 radical (unpaired) electrons. The molecule has 0 fully saturated rings. The second kappa shape index (κ2) is 7.63. The van der Waals surface area contributed by atoms with Crippen molar-refractivity contribution in [2.75, 3.05) is 14.1 Å². The first-order valence-corrected chi connectivity index (χ1v) is 5.45. The Kier molecular flexibility index (Phi) is 7.63. The van der Waals surface area contributed by atoms with E-state index in [9.17, 15) is 0 Å². The van der Waals surface area contributed by atoms with Crippen LogP contribution in [0.15, 0.2) is 30.3 Å². The van der Waals surface area contributed by atoms with Gasteiger partial charge in [-0.25, -0.2) is 0 Å². The summed E-state index contributed by atoms with van der Waals surface area (Å²) in [6.07, 6.45) is 0. The van der Waals surface area contributed by atoms with Gasteiger partial charge in [-0.15, -0.1) is 0 Å². The average molecular weight is 172 g/mol. The summed E-state index contributed by atoms with van der Waals surface area (Å²) >= 11 is 2.00. The molecule has 1 aromatic carbocycles. The van der Waals surface area contributed by atoms with Gasteiger partial charge in [-0.05, 0) is 19.3 Å². The van der Waals surface area contributed by atoms with Crippen molar-refractivity contribution in [1.29, 1.82) is 0 Å². The third kappa shape index (κ3) is 5.62.